The van der Waals surface area contributed by atoms with Crippen LogP contribution < -0.4 is 10.1 Å². The van der Waals surface area contributed by atoms with Crippen molar-refractivity contribution in [3.8, 4) is 5.75 Å². The number of nitrogens with one attached hydrogen (secondary N) is 1. The van der Waals surface area contributed by atoms with E-state index in [4.69, 9.17) is 27.9 Å². The maximum absolute atomic E-state index is 11.4. The lowest BCUT2D eigenvalue weighted by Gasteiger charge is -2.18. The van der Waals surface area contributed by atoms with Crippen molar-refractivity contribution in [2.24, 2.45) is 5.92 Å². The summed E-state index contributed by atoms with van der Waals surface area (Å²) in [6.07, 6.45) is 0.568. The van der Waals surface area contributed by atoms with Gasteiger partial charge < -0.3 is 15.2 Å². The first-order valence-corrected chi connectivity index (χ1v) is 9.23. The summed E-state index contributed by atoms with van der Waals surface area (Å²) >= 11 is 12.1. The van der Waals surface area contributed by atoms with E-state index in [9.17, 15) is 9.90 Å². The average Bonchev–Trinajstić information content (AvgIpc) is 2.58. The van der Waals surface area contributed by atoms with Crippen molar-refractivity contribution in [2.75, 3.05) is 0 Å². The highest BCUT2D eigenvalue weighted by molar-refractivity contribution is 6.35. The third kappa shape index (κ3) is 6.20. The first-order valence-electron chi connectivity index (χ1n) is 8.47. The SMILES string of the molecule is CC(C)CC(NCc1ccccc1OCc1ccc(Cl)cc1Cl)C(=O)O. The number of carboxylic acid groups (broad SMARTS) is 1. The highest BCUT2D eigenvalue weighted by atomic mass is 35.5. The first kappa shape index (κ1) is 20.6. The number of para-hydroxylation sites is 1. The van der Waals surface area contributed by atoms with Gasteiger partial charge >= 0.3 is 5.97 Å². The summed E-state index contributed by atoms with van der Waals surface area (Å²) in [6, 6.07) is 12.2. The van der Waals surface area contributed by atoms with Gasteiger partial charge in [-0.3, -0.25) is 4.79 Å². The van der Waals surface area contributed by atoms with E-state index in [0.29, 0.717) is 41.3 Å². The molecule has 0 saturated carbocycles. The summed E-state index contributed by atoms with van der Waals surface area (Å²) in [7, 11) is 0. The van der Waals surface area contributed by atoms with Gasteiger partial charge in [-0.05, 0) is 30.5 Å². The third-order valence-corrected chi connectivity index (χ3v) is 4.50. The lowest BCUT2D eigenvalue weighted by molar-refractivity contribution is -0.140. The molecule has 1 atom stereocenters. The number of rotatable bonds is 9. The van der Waals surface area contributed by atoms with Crippen LogP contribution in [0.3, 0.4) is 0 Å². The minimum atomic E-state index is -0.843. The van der Waals surface area contributed by atoms with Gasteiger partial charge in [0, 0.05) is 27.7 Å². The fraction of sp³-hybridized carbons (Fsp3) is 0.350. The second-order valence-electron chi connectivity index (χ2n) is 6.53. The van der Waals surface area contributed by atoms with E-state index in [1.54, 1.807) is 12.1 Å². The summed E-state index contributed by atoms with van der Waals surface area (Å²) in [4.78, 5) is 11.4. The van der Waals surface area contributed by atoms with Crippen molar-refractivity contribution < 1.29 is 14.6 Å². The molecule has 0 aliphatic heterocycles. The number of carbonyl (C=O) groups is 1. The third-order valence-electron chi connectivity index (χ3n) is 3.92. The van der Waals surface area contributed by atoms with Crippen molar-refractivity contribution >= 4 is 29.2 Å². The molecule has 4 nitrogen and oxygen atoms in total. The molecule has 0 amide bonds. The zero-order chi connectivity index (χ0) is 19.1. The molecule has 0 fully saturated rings. The Kier molecular flexibility index (Phi) is 7.76. The minimum Gasteiger partial charge on any atom is -0.489 e. The van der Waals surface area contributed by atoms with Gasteiger partial charge in [0.1, 0.15) is 18.4 Å². The summed E-state index contributed by atoms with van der Waals surface area (Å²) < 4.78 is 5.90. The lowest BCUT2D eigenvalue weighted by Crippen LogP contribution is -2.37. The quantitative estimate of drug-likeness (QED) is 0.615. The van der Waals surface area contributed by atoms with Crippen LogP contribution in [0.1, 0.15) is 31.4 Å². The van der Waals surface area contributed by atoms with Crippen molar-refractivity contribution in [3.63, 3.8) is 0 Å². The summed E-state index contributed by atoms with van der Waals surface area (Å²) in [5, 5.41) is 13.6. The Morgan fingerprint density at radius 3 is 2.54 bits per heavy atom. The molecule has 2 aromatic carbocycles. The molecule has 6 heteroatoms. The predicted molar refractivity (Wildman–Crippen MR) is 105 cm³/mol. The zero-order valence-electron chi connectivity index (χ0n) is 14.8. The topological polar surface area (TPSA) is 58.6 Å². The number of benzene rings is 2. The Morgan fingerprint density at radius 2 is 1.88 bits per heavy atom. The van der Waals surface area contributed by atoms with E-state index in [1.807, 2.05) is 44.2 Å². The number of ether oxygens (including phenoxy) is 1. The molecule has 0 bridgehead atoms. The standard InChI is InChI=1S/C20H23Cl2NO3/c1-13(2)9-18(20(24)25)23-11-14-5-3-4-6-19(14)26-12-15-7-8-16(21)10-17(15)22/h3-8,10,13,18,23H,9,11-12H2,1-2H3,(H,24,25). The number of hydrogen-bond donors (Lipinski definition) is 2. The van der Waals surface area contributed by atoms with Crippen molar-refractivity contribution in [2.45, 2.75) is 39.5 Å². The van der Waals surface area contributed by atoms with Gasteiger partial charge in [0.25, 0.3) is 0 Å². The van der Waals surface area contributed by atoms with Crippen molar-refractivity contribution in [3.05, 3.63) is 63.6 Å². The minimum absolute atomic E-state index is 0.294. The van der Waals surface area contributed by atoms with Crippen molar-refractivity contribution in [1.29, 1.82) is 0 Å². The maximum atomic E-state index is 11.4. The Balaban J connectivity index is 2.03. The van der Waals surface area contributed by atoms with Gasteiger partial charge in [0.15, 0.2) is 0 Å². The normalized spacial score (nSPS) is 12.2. The van der Waals surface area contributed by atoms with E-state index >= 15 is 0 Å². The molecule has 2 rings (SSSR count). The van der Waals surface area contributed by atoms with Crippen LogP contribution in [0.25, 0.3) is 0 Å². The van der Waals surface area contributed by atoms with Gasteiger partial charge in [-0.2, -0.15) is 0 Å². The summed E-state index contributed by atoms with van der Waals surface area (Å²) in [5.74, 6) is 0.145. The molecular weight excluding hydrogens is 373 g/mol. The number of hydrogen-bond acceptors (Lipinski definition) is 3. The van der Waals surface area contributed by atoms with E-state index in [0.717, 1.165) is 11.1 Å². The lowest BCUT2D eigenvalue weighted by atomic mass is 10.0. The van der Waals surface area contributed by atoms with Gasteiger partial charge in [-0.25, -0.2) is 0 Å². The second-order valence-corrected chi connectivity index (χ2v) is 7.38. The molecule has 0 aliphatic carbocycles. The highest BCUT2D eigenvalue weighted by Gasteiger charge is 2.18. The van der Waals surface area contributed by atoms with Crippen LogP contribution in [-0.4, -0.2) is 17.1 Å². The molecule has 0 radical (unpaired) electrons. The first-order chi connectivity index (χ1) is 12.4. The molecule has 140 valence electrons. The zero-order valence-corrected chi connectivity index (χ0v) is 16.3. The summed E-state index contributed by atoms with van der Waals surface area (Å²) in [6.45, 7) is 4.73. The van der Waals surface area contributed by atoms with Gasteiger partial charge in [0.2, 0.25) is 0 Å². The molecule has 0 saturated heterocycles. The van der Waals surface area contributed by atoms with E-state index in [-0.39, 0.29) is 0 Å². The Hall–Kier alpha value is -1.75. The fourth-order valence-corrected chi connectivity index (χ4v) is 3.02. The Bertz CT molecular complexity index is 750. The molecule has 2 N–H and O–H groups in total. The van der Waals surface area contributed by atoms with Crippen LogP contribution in [0.4, 0.5) is 0 Å². The van der Waals surface area contributed by atoms with Crippen LogP contribution in [-0.2, 0) is 17.9 Å². The Labute approximate surface area is 164 Å². The molecule has 1 unspecified atom stereocenters. The largest absolute Gasteiger partial charge is 0.489 e. The molecule has 26 heavy (non-hydrogen) atoms. The van der Waals surface area contributed by atoms with E-state index in [2.05, 4.69) is 5.32 Å². The van der Waals surface area contributed by atoms with Gasteiger partial charge in [-0.15, -0.1) is 0 Å². The molecule has 0 heterocycles. The van der Waals surface area contributed by atoms with E-state index < -0.39 is 12.0 Å². The maximum Gasteiger partial charge on any atom is 0.320 e. The average molecular weight is 396 g/mol. The van der Waals surface area contributed by atoms with E-state index in [1.165, 1.54) is 0 Å². The van der Waals surface area contributed by atoms with Crippen LogP contribution in [0, 0.1) is 5.92 Å². The van der Waals surface area contributed by atoms with Gasteiger partial charge in [0.05, 0.1) is 0 Å². The van der Waals surface area contributed by atoms with Crippen LogP contribution >= 0.6 is 23.2 Å². The number of aliphatic carboxylic acids is 1. The molecular formula is C20H23Cl2NO3. The predicted octanol–water partition coefficient (Wildman–Crippen LogP) is 5.16. The number of carboxylic acids is 1. The molecule has 0 aromatic heterocycles. The molecule has 0 spiro atoms. The smallest absolute Gasteiger partial charge is 0.320 e. The van der Waals surface area contributed by atoms with Crippen molar-refractivity contribution in [1.82, 2.24) is 5.32 Å². The molecule has 0 aliphatic rings. The van der Waals surface area contributed by atoms with Gasteiger partial charge in [-0.1, -0.05) is 61.3 Å². The number of halogens is 2. The van der Waals surface area contributed by atoms with Crippen LogP contribution in [0.15, 0.2) is 42.5 Å². The second kappa shape index (κ2) is 9.81. The Morgan fingerprint density at radius 1 is 1.15 bits per heavy atom. The van der Waals surface area contributed by atoms with Crippen LogP contribution in [0.2, 0.25) is 10.0 Å². The summed E-state index contributed by atoms with van der Waals surface area (Å²) in [5.41, 5.74) is 1.73. The fourth-order valence-electron chi connectivity index (χ4n) is 2.56. The van der Waals surface area contributed by atoms with Crippen LogP contribution in [0.5, 0.6) is 5.75 Å². The monoisotopic (exact) mass is 395 g/mol. The highest BCUT2D eigenvalue weighted by Crippen LogP contribution is 2.24. The molecule has 2 aromatic rings.